The molecule has 8 heteroatoms. The number of nitrogens with one attached hydrogen (secondary N) is 1. The largest absolute Gasteiger partial charge is 0.383 e. The summed E-state index contributed by atoms with van der Waals surface area (Å²) in [5.74, 6) is -0.383. The molecule has 3 N–H and O–H groups in total. The number of hydrogen-bond donors (Lipinski definition) is 2. The molecule has 5 aromatic rings. The first-order valence-electron chi connectivity index (χ1n) is 12.0. The quantitative estimate of drug-likeness (QED) is 0.361. The average molecular weight is 494 g/mol. The highest BCUT2D eigenvalue weighted by Gasteiger charge is 2.25. The lowest BCUT2D eigenvalue weighted by molar-refractivity contribution is -0.119. The van der Waals surface area contributed by atoms with E-state index in [1.54, 1.807) is 0 Å². The fourth-order valence-corrected chi connectivity index (χ4v) is 4.60. The maximum Gasteiger partial charge on any atom is 0.330 e. The number of nitrogens with two attached hydrogens (primary N) is 1. The van der Waals surface area contributed by atoms with Gasteiger partial charge in [0.15, 0.2) is 5.69 Å². The van der Waals surface area contributed by atoms with Gasteiger partial charge in [-0.25, -0.2) is 4.79 Å². The van der Waals surface area contributed by atoms with Gasteiger partial charge in [-0.1, -0.05) is 78.9 Å². The molecule has 37 heavy (non-hydrogen) atoms. The number of fused-ring (bicyclic) bond motifs is 1. The Labute approximate surface area is 213 Å². The van der Waals surface area contributed by atoms with E-state index in [1.807, 2.05) is 102 Å². The highest BCUT2D eigenvalue weighted by molar-refractivity contribution is 5.96. The van der Waals surface area contributed by atoms with Crippen LogP contribution in [0, 0.1) is 6.92 Å². The Bertz CT molecular complexity index is 1680. The Kier molecular flexibility index (Phi) is 6.47. The van der Waals surface area contributed by atoms with Crippen molar-refractivity contribution in [1.82, 2.24) is 14.1 Å². The van der Waals surface area contributed by atoms with Crippen molar-refractivity contribution >= 4 is 28.3 Å². The monoisotopic (exact) mass is 493 g/mol. The van der Waals surface area contributed by atoms with Crippen molar-refractivity contribution < 1.29 is 4.79 Å². The summed E-state index contributed by atoms with van der Waals surface area (Å²) >= 11 is 0. The van der Waals surface area contributed by atoms with Gasteiger partial charge in [-0.2, -0.15) is 0 Å². The number of nitrogens with zero attached hydrogens (tertiary/aromatic N) is 3. The minimum absolute atomic E-state index is 0.00285. The molecule has 8 nitrogen and oxygen atoms in total. The van der Waals surface area contributed by atoms with Crippen molar-refractivity contribution in [2.24, 2.45) is 0 Å². The summed E-state index contributed by atoms with van der Waals surface area (Å²) in [6.45, 7) is 2.22. The van der Waals surface area contributed by atoms with Gasteiger partial charge < -0.3 is 10.3 Å². The summed E-state index contributed by atoms with van der Waals surface area (Å²) in [6, 6.07) is 28.5. The maximum atomic E-state index is 13.9. The highest BCUT2D eigenvalue weighted by Crippen LogP contribution is 2.23. The van der Waals surface area contributed by atoms with E-state index in [0.29, 0.717) is 0 Å². The number of aryl methyl sites for hydroxylation is 1. The van der Waals surface area contributed by atoms with Gasteiger partial charge in [0, 0.05) is 11.2 Å². The van der Waals surface area contributed by atoms with E-state index in [1.165, 1.54) is 9.47 Å². The van der Waals surface area contributed by atoms with E-state index in [0.717, 1.165) is 27.7 Å². The van der Waals surface area contributed by atoms with Crippen LogP contribution in [0.2, 0.25) is 0 Å². The number of hydrogen-bond acceptors (Lipinski definition) is 4. The number of H-pyrrole nitrogens is 1. The van der Waals surface area contributed by atoms with E-state index in [2.05, 4.69) is 4.98 Å². The molecule has 2 heterocycles. The van der Waals surface area contributed by atoms with E-state index in [-0.39, 0.29) is 37.0 Å². The topological polar surface area (TPSA) is 106 Å². The number of anilines is 2. The van der Waals surface area contributed by atoms with Gasteiger partial charge >= 0.3 is 5.69 Å². The van der Waals surface area contributed by atoms with Crippen molar-refractivity contribution in [3.05, 3.63) is 129 Å². The van der Waals surface area contributed by atoms with Crippen LogP contribution in [0.25, 0.3) is 10.9 Å². The zero-order valence-corrected chi connectivity index (χ0v) is 20.4. The molecule has 186 valence electrons. The normalized spacial score (nSPS) is 11.1. The molecule has 0 saturated carbocycles. The van der Waals surface area contributed by atoms with Gasteiger partial charge in [-0.3, -0.25) is 24.0 Å². The molecule has 0 atom stereocenters. The van der Waals surface area contributed by atoms with Crippen LogP contribution in [0.15, 0.2) is 101 Å². The molecular weight excluding hydrogens is 466 g/mol. The number of carbonyl (C=O) groups is 1. The summed E-state index contributed by atoms with van der Waals surface area (Å²) in [5, 5.41) is 1.02. The first-order valence-corrected chi connectivity index (χ1v) is 12.0. The van der Waals surface area contributed by atoms with Crippen LogP contribution < -0.4 is 21.9 Å². The Morgan fingerprint density at radius 3 is 2.19 bits per heavy atom. The van der Waals surface area contributed by atoms with Crippen molar-refractivity contribution in [2.45, 2.75) is 26.6 Å². The first-order chi connectivity index (χ1) is 17.9. The molecule has 1 amide bonds. The lowest BCUT2D eigenvalue weighted by atomic mass is 10.2. The van der Waals surface area contributed by atoms with E-state index >= 15 is 0 Å². The third-order valence-electron chi connectivity index (χ3n) is 6.46. The van der Waals surface area contributed by atoms with Crippen molar-refractivity contribution in [3.63, 3.8) is 0 Å². The second-order valence-corrected chi connectivity index (χ2v) is 8.96. The van der Waals surface area contributed by atoms with Gasteiger partial charge in [0.1, 0.15) is 12.4 Å². The minimum atomic E-state index is -0.704. The average Bonchev–Trinajstić information content (AvgIpc) is 3.21. The molecule has 5 rings (SSSR count). The Morgan fingerprint density at radius 2 is 1.49 bits per heavy atom. The molecule has 0 bridgehead atoms. The fourth-order valence-electron chi connectivity index (χ4n) is 4.60. The second-order valence-electron chi connectivity index (χ2n) is 8.96. The number of aromatic nitrogens is 3. The summed E-state index contributed by atoms with van der Waals surface area (Å²) in [7, 11) is 0. The maximum absolute atomic E-state index is 13.9. The fraction of sp³-hybridized carbons (Fsp3) is 0.138. The number of nitrogen functional groups attached to an aromatic ring is 1. The highest BCUT2D eigenvalue weighted by atomic mass is 16.2. The van der Waals surface area contributed by atoms with E-state index < -0.39 is 11.2 Å². The van der Waals surface area contributed by atoms with Gasteiger partial charge in [-0.05, 0) is 35.6 Å². The number of carbonyl (C=O) groups excluding carboxylic acids is 1. The van der Waals surface area contributed by atoms with Crippen LogP contribution in [0.5, 0.6) is 0 Å². The second kappa shape index (κ2) is 10.0. The van der Waals surface area contributed by atoms with Gasteiger partial charge in [0.25, 0.3) is 5.56 Å². The van der Waals surface area contributed by atoms with Crippen LogP contribution in [0.3, 0.4) is 0 Å². The number of aromatic amines is 1. The number of rotatable bonds is 7. The van der Waals surface area contributed by atoms with Crippen molar-refractivity contribution in [1.29, 1.82) is 0 Å². The zero-order valence-electron chi connectivity index (χ0n) is 20.4. The van der Waals surface area contributed by atoms with Crippen LogP contribution in [0.1, 0.15) is 16.8 Å². The summed E-state index contributed by atoms with van der Waals surface area (Å²) in [6.07, 6.45) is 0. The summed E-state index contributed by atoms with van der Waals surface area (Å²) in [4.78, 5) is 43.5. The smallest absolute Gasteiger partial charge is 0.330 e. The molecule has 0 aliphatic heterocycles. The molecule has 0 unspecified atom stereocenters. The number of amides is 1. The van der Waals surface area contributed by atoms with Gasteiger partial charge in [0.2, 0.25) is 5.91 Å². The summed E-state index contributed by atoms with van der Waals surface area (Å²) < 4.78 is 3.20. The molecule has 0 spiro atoms. The standard InChI is InChI=1S/C29H27N5O3/c1-20-16-23-14-8-9-15-24(23)32(20)19-25(35)33(17-21-10-4-2-5-11-21)26-27(30)34(29(37)31-28(26)36)18-22-12-6-3-7-13-22/h2-16H,17-19,30H2,1H3,(H,31,36,37). The van der Waals surface area contributed by atoms with Crippen LogP contribution in [-0.2, 0) is 24.4 Å². The van der Waals surface area contributed by atoms with Crippen molar-refractivity contribution in [3.8, 4) is 0 Å². The van der Waals surface area contributed by atoms with Crippen LogP contribution in [-0.4, -0.2) is 20.0 Å². The zero-order chi connectivity index (χ0) is 25.9. The predicted octanol–water partition coefficient (Wildman–Crippen LogP) is 3.66. The van der Waals surface area contributed by atoms with Gasteiger partial charge in [0.05, 0.1) is 13.1 Å². The lowest BCUT2D eigenvalue weighted by Crippen LogP contribution is -2.42. The summed E-state index contributed by atoms with van der Waals surface area (Å²) in [5.41, 5.74) is 8.59. The molecule has 0 aliphatic carbocycles. The lowest BCUT2D eigenvalue weighted by Gasteiger charge is -2.25. The predicted molar refractivity (Wildman–Crippen MR) is 146 cm³/mol. The molecule has 2 aromatic heterocycles. The molecule has 0 saturated heterocycles. The Hall–Kier alpha value is -4.85. The van der Waals surface area contributed by atoms with E-state index in [9.17, 15) is 14.4 Å². The number of benzene rings is 3. The van der Waals surface area contributed by atoms with Crippen LogP contribution >= 0.6 is 0 Å². The van der Waals surface area contributed by atoms with Gasteiger partial charge in [-0.15, -0.1) is 0 Å². The Balaban J connectivity index is 1.60. The molecular formula is C29H27N5O3. The first kappa shape index (κ1) is 23.9. The third-order valence-corrected chi connectivity index (χ3v) is 6.46. The molecule has 0 aliphatic rings. The van der Waals surface area contributed by atoms with E-state index in [4.69, 9.17) is 5.73 Å². The van der Waals surface area contributed by atoms with Crippen LogP contribution in [0.4, 0.5) is 11.5 Å². The SMILES string of the molecule is Cc1cc2ccccc2n1CC(=O)N(Cc1ccccc1)c1c(N)n(Cc2ccccc2)c(=O)[nH]c1=O. The van der Waals surface area contributed by atoms with Crippen molar-refractivity contribution in [2.75, 3.05) is 10.6 Å². The Morgan fingerprint density at radius 1 is 0.865 bits per heavy atom. The molecule has 0 fully saturated rings. The minimum Gasteiger partial charge on any atom is -0.383 e. The molecule has 3 aromatic carbocycles. The third kappa shape index (κ3) is 4.81. The molecule has 0 radical (unpaired) electrons. The number of para-hydroxylation sites is 1.